The Morgan fingerprint density at radius 2 is 0.778 bits per heavy atom. The molecule has 2 aromatic heterocycles. The molecule has 2 rings (SSSR count). The van der Waals surface area contributed by atoms with Crippen molar-refractivity contribution in [1.82, 2.24) is 9.97 Å². The van der Waals surface area contributed by atoms with E-state index >= 15 is 0 Å². The number of aromatic nitrogens is 2. The van der Waals surface area contributed by atoms with Gasteiger partial charge in [0.2, 0.25) is 0 Å². The monoisotopic (exact) mass is 492 g/mol. The summed E-state index contributed by atoms with van der Waals surface area (Å²) >= 11 is -1.92. The molecule has 0 aromatic carbocycles. The van der Waals surface area contributed by atoms with Crippen molar-refractivity contribution in [2.45, 2.75) is 0 Å². The van der Waals surface area contributed by atoms with Crippen molar-refractivity contribution in [3.63, 3.8) is 0 Å². The zero-order valence-corrected chi connectivity index (χ0v) is 13.8. The van der Waals surface area contributed by atoms with Crippen molar-refractivity contribution in [3.05, 3.63) is 61.2 Å². The van der Waals surface area contributed by atoms with Gasteiger partial charge in [0.15, 0.2) is 0 Å². The molecule has 8 heteroatoms. The molecule has 0 radical (unpaired) electrons. The Morgan fingerprint density at radius 3 is 0.833 bits per heavy atom. The van der Waals surface area contributed by atoms with Gasteiger partial charge in [0, 0.05) is 24.8 Å². The molecule has 0 saturated heterocycles. The number of nitrogens with zero attached hydrogens (tertiary/aromatic N) is 2. The van der Waals surface area contributed by atoms with E-state index in [0.717, 1.165) is 0 Å². The molecular weight excluding hydrogens is 479 g/mol. The summed E-state index contributed by atoms with van der Waals surface area (Å²) < 4.78 is 0. The predicted octanol–water partition coefficient (Wildman–Crippen LogP) is 2.58. The molecule has 0 unspecified atom stereocenters. The number of halogens is 3. The topological polar surface area (TPSA) is 88.8 Å². The van der Waals surface area contributed by atoms with Crippen LogP contribution in [0.15, 0.2) is 61.2 Å². The van der Waals surface area contributed by atoms with Crippen LogP contribution in [-0.4, -0.2) is 20.9 Å². The first-order valence-corrected chi connectivity index (χ1v) is 13.0. The predicted molar refractivity (Wildman–Crippen MR) is 73.3 cm³/mol. The quantitative estimate of drug-likeness (QED) is 0.566. The molecule has 0 aliphatic carbocycles. The Balaban J connectivity index is -0.000000182. The van der Waals surface area contributed by atoms with Crippen molar-refractivity contribution in [2.75, 3.05) is 0 Å². The number of hydrogen-bond donors (Lipinski definition) is 0. The Labute approximate surface area is 124 Å². The number of pyridine rings is 2. The van der Waals surface area contributed by atoms with Gasteiger partial charge in [-0.1, -0.05) is 12.1 Å². The van der Waals surface area contributed by atoms with Crippen LogP contribution in [0.5, 0.6) is 0 Å². The first-order chi connectivity index (χ1) is 7.73. The molecule has 4 nitrogen and oxygen atoms in total. The Morgan fingerprint density at radius 1 is 0.556 bits per heavy atom. The summed E-state index contributed by atoms with van der Waals surface area (Å²) in [5, 5.41) is 0. The molecule has 0 aliphatic rings. The van der Waals surface area contributed by atoms with E-state index in [0.29, 0.717) is 0 Å². The van der Waals surface area contributed by atoms with Crippen LogP contribution in [-0.2, 0) is 13.5 Å². The van der Waals surface area contributed by atoms with Crippen LogP contribution in [0.1, 0.15) is 0 Å². The minimum Gasteiger partial charge on any atom is -0.265 e. The molecule has 0 saturated carbocycles. The molecule has 0 fully saturated rings. The molecule has 2 aromatic rings. The van der Waals surface area contributed by atoms with Gasteiger partial charge in [-0.15, -0.1) is 0 Å². The van der Waals surface area contributed by atoms with E-state index in [1.165, 1.54) is 0 Å². The normalized spacial score (nSPS) is 7.83. The second-order valence-corrected chi connectivity index (χ2v) is 12.6. The first-order valence-electron chi connectivity index (χ1n) is 4.08. The van der Waals surface area contributed by atoms with Crippen molar-refractivity contribution in [1.29, 1.82) is 0 Å². The second kappa shape index (κ2) is 19.1. The van der Waals surface area contributed by atoms with Crippen LogP contribution in [0.25, 0.3) is 0 Å². The molecule has 106 valence electrons. The van der Waals surface area contributed by atoms with Gasteiger partial charge in [0.25, 0.3) is 0 Å². The summed E-state index contributed by atoms with van der Waals surface area (Å²) in [7, 11) is 14.9. The minimum atomic E-state index is -1.92. The van der Waals surface area contributed by atoms with E-state index in [2.05, 4.69) is 9.97 Å². The second-order valence-electron chi connectivity index (χ2n) is 2.19. The van der Waals surface area contributed by atoms with Crippen LogP contribution < -0.4 is 0 Å². The summed E-state index contributed by atoms with van der Waals surface area (Å²) in [5.41, 5.74) is 0. The summed E-state index contributed by atoms with van der Waals surface area (Å²) in [6.45, 7) is 0. The van der Waals surface area contributed by atoms with E-state index in [-0.39, 0.29) is 11.0 Å². The average molecular weight is 493 g/mol. The fourth-order valence-electron chi connectivity index (χ4n) is 0.625. The van der Waals surface area contributed by atoms with Gasteiger partial charge in [0.1, 0.15) is 0 Å². The third-order valence-corrected chi connectivity index (χ3v) is 1.13. The molecule has 0 spiro atoms. The molecule has 2 heterocycles. The van der Waals surface area contributed by atoms with Gasteiger partial charge in [-0.25, -0.2) is 0 Å². The molecule has 0 atom stereocenters. The van der Waals surface area contributed by atoms with Gasteiger partial charge in [-0.2, -0.15) is 0 Å². The standard InChI is InChI=1S/2C5H5N.3ClH.Ir.2H2O/c2*1-2-4-6-5-3-1;;;;;;/h2*1-5H;3*1H;;2*1H2/q;;;;;+3;;/p-3. The molecule has 18 heavy (non-hydrogen) atoms. The summed E-state index contributed by atoms with van der Waals surface area (Å²) in [6, 6.07) is 11.4. The molecule has 0 aliphatic heterocycles. The Bertz CT molecular complexity index is 243. The Kier molecular flexibility index (Phi) is 24.3. The van der Waals surface area contributed by atoms with Crippen molar-refractivity contribution in [2.24, 2.45) is 0 Å². The fourth-order valence-corrected chi connectivity index (χ4v) is 0.625. The maximum atomic E-state index is 4.97. The molecule has 0 amide bonds. The number of hydrogen-bond acceptors (Lipinski definition) is 2. The zero-order valence-electron chi connectivity index (χ0n) is 9.14. The summed E-state index contributed by atoms with van der Waals surface area (Å²) in [6.07, 6.45) is 7.00. The molecule has 0 bridgehead atoms. The maximum Gasteiger partial charge on any atom is 0.0267 e. The minimum absolute atomic E-state index is 0. The molecular formula is C10H14Cl3IrN2O2. The first kappa shape index (κ1) is 22.9. The van der Waals surface area contributed by atoms with Crippen LogP contribution in [0.3, 0.4) is 0 Å². The van der Waals surface area contributed by atoms with Crippen LogP contribution in [0, 0.1) is 0 Å². The van der Waals surface area contributed by atoms with E-state index < -0.39 is 13.5 Å². The smallest absolute Gasteiger partial charge is 0.0267 e. The fraction of sp³-hybridized carbons (Fsp3) is 0. The van der Waals surface area contributed by atoms with Crippen molar-refractivity contribution < 1.29 is 24.4 Å². The van der Waals surface area contributed by atoms with Crippen molar-refractivity contribution in [3.8, 4) is 0 Å². The van der Waals surface area contributed by atoms with E-state index in [9.17, 15) is 0 Å². The van der Waals surface area contributed by atoms with Gasteiger partial charge >= 0.3 is 42.2 Å². The summed E-state index contributed by atoms with van der Waals surface area (Å²) in [4.78, 5) is 7.57. The molecule has 4 N–H and O–H groups in total. The van der Waals surface area contributed by atoms with Crippen LogP contribution in [0.4, 0.5) is 0 Å². The van der Waals surface area contributed by atoms with Crippen LogP contribution in [0.2, 0.25) is 0 Å². The van der Waals surface area contributed by atoms with Gasteiger partial charge in [-0.05, 0) is 24.3 Å². The maximum absolute atomic E-state index is 4.97. The van der Waals surface area contributed by atoms with Gasteiger partial charge < -0.3 is 11.0 Å². The van der Waals surface area contributed by atoms with Crippen LogP contribution >= 0.6 is 28.8 Å². The van der Waals surface area contributed by atoms with E-state index in [1.807, 2.05) is 36.4 Å². The van der Waals surface area contributed by atoms with Crippen molar-refractivity contribution >= 4 is 28.8 Å². The summed E-state index contributed by atoms with van der Waals surface area (Å²) in [5.74, 6) is 0. The van der Waals surface area contributed by atoms with E-state index in [1.54, 1.807) is 24.8 Å². The number of rotatable bonds is 0. The third-order valence-electron chi connectivity index (χ3n) is 1.13. The third kappa shape index (κ3) is 24.8. The SMILES string of the molecule is O.O.[Cl][Ir]([Cl])[Cl].c1ccncc1.c1ccncc1. The van der Waals surface area contributed by atoms with Gasteiger partial charge in [-0.3, -0.25) is 9.97 Å². The van der Waals surface area contributed by atoms with Gasteiger partial charge in [0.05, 0.1) is 0 Å². The van der Waals surface area contributed by atoms with E-state index in [4.69, 9.17) is 28.8 Å². The zero-order chi connectivity index (χ0) is 12.1. The Hall–Kier alpha value is -0.261. The largest absolute Gasteiger partial charge is 0.265 e. The average Bonchev–Trinajstić information content (AvgIpc) is 2.34.